The van der Waals surface area contributed by atoms with Gasteiger partial charge in [-0.25, -0.2) is 4.79 Å². The third-order valence-electron chi connectivity index (χ3n) is 1.40. The van der Waals surface area contributed by atoms with E-state index in [1.165, 1.54) is 6.08 Å². The number of carbonyl (C=O) groups is 1. The van der Waals surface area contributed by atoms with Gasteiger partial charge >= 0.3 is 5.97 Å². The minimum absolute atomic E-state index is 0.145. The van der Waals surface area contributed by atoms with E-state index >= 15 is 0 Å². The van der Waals surface area contributed by atoms with Crippen LogP contribution in [0.15, 0.2) is 24.3 Å². The quantitative estimate of drug-likeness (QED) is 0.386. The zero-order chi connectivity index (χ0) is 10.1. The summed E-state index contributed by atoms with van der Waals surface area (Å²) in [7, 11) is 0. The van der Waals surface area contributed by atoms with E-state index < -0.39 is 0 Å². The minimum atomic E-state index is -0.354. The van der Waals surface area contributed by atoms with Crippen molar-refractivity contribution >= 4 is 5.97 Å². The van der Waals surface area contributed by atoms with Crippen LogP contribution in [0, 0.1) is 0 Å². The third kappa shape index (κ3) is 7.28. The molecule has 0 rings (SSSR count). The van der Waals surface area contributed by atoms with E-state index in [2.05, 4.69) is 11.3 Å². The molecule has 0 saturated carbocycles. The van der Waals surface area contributed by atoms with Crippen LogP contribution in [0.2, 0.25) is 0 Å². The summed E-state index contributed by atoms with van der Waals surface area (Å²) in [4.78, 5) is 10.8. The molecule has 13 heavy (non-hydrogen) atoms. The molecule has 0 spiro atoms. The Labute approximate surface area is 78.7 Å². The van der Waals surface area contributed by atoms with Crippen LogP contribution in [0.1, 0.15) is 19.8 Å². The van der Waals surface area contributed by atoms with Crippen molar-refractivity contribution < 1.29 is 14.6 Å². The molecule has 0 fully saturated rings. The van der Waals surface area contributed by atoms with E-state index in [0.29, 0.717) is 19.4 Å². The highest BCUT2D eigenvalue weighted by Gasteiger charge is 1.94. The van der Waals surface area contributed by atoms with Crippen molar-refractivity contribution in [1.29, 1.82) is 0 Å². The van der Waals surface area contributed by atoms with Gasteiger partial charge in [-0.05, 0) is 19.8 Å². The van der Waals surface area contributed by atoms with Crippen LogP contribution in [0.4, 0.5) is 0 Å². The van der Waals surface area contributed by atoms with Gasteiger partial charge in [0.05, 0.1) is 6.61 Å². The zero-order valence-electron chi connectivity index (χ0n) is 7.95. The van der Waals surface area contributed by atoms with Gasteiger partial charge in [0.1, 0.15) is 0 Å². The van der Waals surface area contributed by atoms with Crippen LogP contribution in [0.5, 0.6) is 0 Å². The fourth-order valence-corrected chi connectivity index (χ4v) is 0.766. The van der Waals surface area contributed by atoms with Crippen molar-refractivity contribution in [2.45, 2.75) is 19.8 Å². The number of ether oxygens (including phenoxy) is 1. The largest absolute Gasteiger partial charge is 0.463 e. The van der Waals surface area contributed by atoms with E-state index in [9.17, 15) is 4.79 Å². The number of aliphatic hydroxyl groups excluding tert-OH is 1. The predicted octanol–water partition coefficient (Wildman–Crippen LogP) is 1.43. The van der Waals surface area contributed by atoms with Gasteiger partial charge in [0.2, 0.25) is 0 Å². The van der Waals surface area contributed by atoms with E-state index in [4.69, 9.17) is 5.11 Å². The van der Waals surface area contributed by atoms with E-state index in [1.807, 2.05) is 0 Å². The normalized spacial score (nSPS) is 10.3. The van der Waals surface area contributed by atoms with Crippen molar-refractivity contribution in [3.8, 4) is 0 Å². The summed E-state index contributed by atoms with van der Waals surface area (Å²) in [6.07, 6.45) is 4.34. The summed E-state index contributed by atoms with van der Waals surface area (Å²) in [5.41, 5.74) is 0.821. The van der Waals surface area contributed by atoms with E-state index in [-0.39, 0.29) is 12.6 Å². The molecule has 0 bridgehead atoms. The van der Waals surface area contributed by atoms with Crippen LogP contribution >= 0.6 is 0 Å². The number of hydrogen-bond donors (Lipinski definition) is 1. The number of esters is 1. The first-order valence-corrected chi connectivity index (χ1v) is 4.34. The highest BCUT2D eigenvalue weighted by molar-refractivity contribution is 5.82. The Morgan fingerprint density at radius 2 is 2.23 bits per heavy atom. The lowest BCUT2D eigenvalue weighted by Gasteiger charge is -1.97. The van der Waals surface area contributed by atoms with Crippen molar-refractivity contribution in [3.63, 3.8) is 0 Å². The second kappa shape index (κ2) is 7.55. The standard InChI is InChI=1S/C10H16O3/c1-3-13-10(12)7-6-9(2)5-4-8-11/h6-7,11H,2-5,8H2,1H3/b7-6+. The maximum atomic E-state index is 10.8. The maximum absolute atomic E-state index is 10.8. The molecular weight excluding hydrogens is 168 g/mol. The first-order chi connectivity index (χ1) is 6.20. The third-order valence-corrected chi connectivity index (χ3v) is 1.40. The molecule has 0 aliphatic rings. The lowest BCUT2D eigenvalue weighted by molar-refractivity contribution is -0.137. The van der Waals surface area contributed by atoms with Gasteiger partial charge in [-0.3, -0.25) is 0 Å². The molecule has 0 atom stereocenters. The lowest BCUT2D eigenvalue weighted by Crippen LogP contribution is -1.99. The van der Waals surface area contributed by atoms with Gasteiger partial charge in [-0.15, -0.1) is 0 Å². The highest BCUT2D eigenvalue weighted by atomic mass is 16.5. The lowest BCUT2D eigenvalue weighted by atomic mass is 10.1. The Morgan fingerprint density at radius 1 is 1.54 bits per heavy atom. The molecule has 0 saturated heterocycles. The molecule has 0 heterocycles. The van der Waals surface area contributed by atoms with Crippen molar-refractivity contribution in [2.75, 3.05) is 13.2 Å². The van der Waals surface area contributed by atoms with Crippen LogP contribution in [-0.2, 0) is 9.53 Å². The molecule has 1 N–H and O–H groups in total. The molecule has 0 aliphatic heterocycles. The van der Waals surface area contributed by atoms with Crippen LogP contribution in [0.25, 0.3) is 0 Å². The molecular formula is C10H16O3. The molecule has 3 nitrogen and oxygen atoms in total. The zero-order valence-corrected chi connectivity index (χ0v) is 7.95. The average molecular weight is 184 g/mol. The topological polar surface area (TPSA) is 46.5 Å². The molecule has 0 unspecified atom stereocenters. The first kappa shape index (κ1) is 11.9. The Morgan fingerprint density at radius 3 is 2.77 bits per heavy atom. The Balaban J connectivity index is 3.69. The maximum Gasteiger partial charge on any atom is 0.330 e. The smallest absolute Gasteiger partial charge is 0.330 e. The molecule has 0 radical (unpaired) electrons. The molecule has 0 aromatic rings. The predicted molar refractivity (Wildman–Crippen MR) is 51.2 cm³/mol. The van der Waals surface area contributed by atoms with Crippen molar-refractivity contribution in [1.82, 2.24) is 0 Å². The summed E-state index contributed by atoms with van der Waals surface area (Å²) < 4.78 is 4.68. The van der Waals surface area contributed by atoms with Gasteiger partial charge in [0, 0.05) is 12.7 Å². The molecule has 3 heteroatoms. The number of aliphatic hydroxyl groups is 1. The number of rotatable bonds is 6. The number of carbonyl (C=O) groups excluding carboxylic acids is 1. The number of allylic oxidation sites excluding steroid dienone is 2. The molecule has 0 aliphatic carbocycles. The Bertz CT molecular complexity index is 194. The van der Waals surface area contributed by atoms with Gasteiger partial charge < -0.3 is 9.84 Å². The second-order valence-corrected chi connectivity index (χ2v) is 2.57. The summed E-state index contributed by atoms with van der Waals surface area (Å²) in [5.74, 6) is -0.354. The van der Waals surface area contributed by atoms with Gasteiger partial charge in [-0.1, -0.05) is 18.2 Å². The minimum Gasteiger partial charge on any atom is -0.463 e. The van der Waals surface area contributed by atoms with Crippen LogP contribution in [-0.4, -0.2) is 24.3 Å². The molecule has 0 aromatic heterocycles. The first-order valence-electron chi connectivity index (χ1n) is 4.34. The van der Waals surface area contributed by atoms with Gasteiger partial charge in [0.15, 0.2) is 0 Å². The average Bonchev–Trinajstić information content (AvgIpc) is 2.12. The Hall–Kier alpha value is -1.09. The molecule has 0 amide bonds. The van der Waals surface area contributed by atoms with Crippen LogP contribution in [0.3, 0.4) is 0 Å². The summed E-state index contributed by atoms with van der Waals surface area (Å²) >= 11 is 0. The fraction of sp³-hybridized carbons (Fsp3) is 0.500. The summed E-state index contributed by atoms with van der Waals surface area (Å²) in [6.45, 7) is 6.00. The SMILES string of the molecule is C=C(/C=C/C(=O)OCC)CCCO. The van der Waals surface area contributed by atoms with Crippen molar-refractivity contribution in [2.24, 2.45) is 0 Å². The Kier molecular flexibility index (Phi) is 6.92. The second-order valence-electron chi connectivity index (χ2n) is 2.57. The van der Waals surface area contributed by atoms with Gasteiger partial charge in [0.25, 0.3) is 0 Å². The van der Waals surface area contributed by atoms with Crippen LogP contribution < -0.4 is 0 Å². The summed E-state index contributed by atoms with van der Waals surface area (Å²) in [5, 5.41) is 8.52. The summed E-state index contributed by atoms with van der Waals surface area (Å²) in [6, 6.07) is 0. The van der Waals surface area contributed by atoms with E-state index in [1.54, 1.807) is 13.0 Å². The fourth-order valence-electron chi connectivity index (χ4n) is 0.766. The van der Waals surface area contributed by atoms with Gasteiger partial charge in [-0.2, -0.15) is 0 Å². The molecule has 74 valence electrons. The highest BCUT2D eigenvalue weighted by Crippen LogP contribution is 2.03. The van der Waals surface area contributed by atoms with E-state index in [0.717, 1.165) is 5.57 Å². The number of hydrogen-bond acceptors (Lipinski definition) is 3. The van der Waals surface area contributed by atoms with Crippen molar-refractivity contribution in [3.05, 3.63) is 24.3 Å². The molecule has 0 aromatic carbocycles. The monoisotopic (exact) mass is 184 g/mol.